The fourth-order valence-electron chi connectivity index (χ4n) is 2.67. The Hall–Kier alpha value is -0.0800. The molecule has 0 radical (unpaired) electrons. The molecule has 1 atom stereocenters. The average Bonchev–Trinajstić information content (AvgIpc) is 2.81. The van der Waals surface area contributed by atoms with E-state index in [0.717, 1.165) is 19.1 Å². The highest BCUT2D eigenvalue weighted by atomic mass is 16.5. The maximum Gasteiger partial charge on any atom is 0.0536 e. The summed E-state index contributed by atoms with van der Waals surface area (Å²) in [4.78, 5) is 2.61. The fraction of sp³-hybridized carbons (Fsp3) is 1.00. The molecule has 1 unspecified atom stereocenters. The topological polar surface area (TPSA) is 12.5 Å². The second kappa shape index (κ2) is 5.86. The number of likely N-dealkylation sites (tertiary alicyclic amines) is 1. The Balaban J connectivity index is 0.000000531. The summed E-state index contributed by atoms with van der Waals surface area (Å²) in [5, 5.41) is 0. The van der Waals surface area contributed by atoms with Crippen LogP contribution in [-0.2, 0) is 4.74 Å². The number of ether oxygens (including phenoxy) is 1. The first kappa shape index (κ1) is 13.0. The molecule has 2 saturated heterocycles. The maximum absolute atomic E-state index is 5.51. The number of hydrogen-bond donors (Lipinski definition) is 0. The van der Waals surface area contributed by atoms with Crippen LogP contribution in [0.3, 0.4) is 0 Å². The minimum absolute atomic E-state index is 0.550. The van der Waals surface area contributed by atoms with Crippen LogP contribution in [0.5, 0.6) is 0 Å². The van der Waals surface area contributed by atoms with Gasteiger partial charge in [-0.05, 0) is 25.3 Å². The van der Waals surface area contributed by atoms with Gasteiger partial charge in [0.1, 0.15) is 0 Å². The van der Waals surface area contributed by atoms with Gasteiger partial charge in [0.25, 0.3) is 0 Å². The van der Waals surface area contributed by atoms with Gasteiger partial charge in [0.05, 0.1) is 6.61 Å². The predicted molar refractivity (Wildman–Crippen MR) is 65.1 cm³/mol. The Labute approximate surface area is 95.0 Å². The van der Waals surface area contributed by atoms with E-state index in [0.29, 0.717) is 5.41 Å². The fourth-order valence-corrected chi connectivity index (χ4v) is 2.67. The highest BCUT2D eigenvalue weighted by Crippen LogP contribution is 2.38. The summed E-state index contributed by atoms with van der Waals surface area (Å²) in [6.45, 7) is 14.5. The summed E-state index contributed by atoms with van der Waals surface area (Å²) in [6.07, 6.45) is 2.65. The minimum atomic E-state index is 0.550. The van der Waals surface area contributed by atoms with Crippen LogP contribution in [0.1, 0.15) is 40.5 Å². The highest BCUT2D eigenvalue weighted by molar-refractivity contribution is 4.92. The van der Waals surface area contributed by atoms with Gasteiger partial charge in [-0.25, -0.2) is 0 Å². The largest absolute Gasteiger partial charge is 0.381 e. The Bertz CT molecular complexity index is 173. The van der Waals surface area contributed by atoms with Crippen molar-refractivity contribution in [2.75, 3.05) is 32.8 Å². The normalized spacial score (nSPS) is 31.0. The third kappa shape index (κ3) is 3.46. The molecule has 2 nitrogen and oxygen atoms in total. The van der Waals surface area contributed by atoms with E-state index >= 15 is 0 Å². The zero-order valence-electron chi connectivity index (χ0n) is 10.9. The second-order valence-electron chi connectivity index (χ2n) is 5.18. The highest BCUT2D eigenvalue weighted by Gasteiger charge is 2.40. The molecule has 15 heavy (non-hydrogen) atoms. The second-order valence-corrected chi connectivity index (χ2v) is 5.18. The SMILES string of the molecule is CC.CC(C)CN1CCC2(CCOC2)C1. The molecule has 90 valence electrons. The molecule has 0 amide bonds. The first-order valence-corrected chi connectivity index (χ1v) is 6.50. The minimum Gasteiger partial charge on any atom is -0.381 e. The van der Waals surface area contributed by atoms with Crippen LogP contribution in [0, 0.1) is 11.3 Å². The Morgan fingerprint density at radius 1 is 1.27 bits per heavy atom. The van der Waals surface area contributed by atoms with E-state index in [9.17, 15) is 0 Å². The van der Waals surface area contributed by atoms with E-state index in [-0.39, 0.29) is 0 Å². The molecule has 2 rings (SSSR count). The van der Waals surface area contributed by atoms with Gasteiger partial charge in [-0.3, -0.25) is 0 Å². The average molecular weight is 213 g/mol. The van der Waals surface area contributed by atoms with Gasteiger partial charge in [0.2, 0.25) is 0 Å². The molecule has 0 aromatic heterocycles. The Kier molecular flexibility index (Phi) is 5.07. The van der Waals surface area contributed by atoms with Crippen LogP contribution >= 0.6 is 0 Å². The first-order valence-electron chi connectivity index (χ1n) is 6.50. The van der Waals surface area contributed by atoms with E-state index < -0.39 is 0 Å². The Morgan fingerprint density at radius 3 is 2.53 bits per heavy atom. The van der Waals surface area contributed by atoms with Crippen molar-refractivity contribution in [3.8, 4) is 0 Å². The summed E-state index contributed by atoms with van der Waals surface area (Å²) in [7, 11) is 0. The van der Waals surface area contributed by atoms with Gasteiger partial charge >= 0.3 is 0 Å². The third-order valence-electron chi connectivity index (χ3n) is 3.33. The van der Waals surface area contributed by atoms with Crippen LogP contribution in [0.2, 0.25) is 0 Å². The monoisotopic (exact) mass is 213 g/mol. The van der Waals surface area contributed by atoms with E-state index in [2.05, 4.69) is 18.7 Å². The van der Waals surface area contributed by atoms with Crippen molar-refractivity contribution in [2.24, 2.45) is 11.3 Å². The van der Waals surface area contributed by atoms with Crippen molar-refractivity contribution in [1.29, 1.82) is 0 Å². The molecule has 2 aliphatic rings. The standard InChI is InChI=1S/C11H21NO.C2H6/c1-10(2)7-12-5-3-11(8-12)4-6-13-9-11;1-2/h10H,3-9H2,1-2H3;1-2H3. The molecular formula is C13H27NO. The van der Waals surface area contributed by atoms with Crippen molar-refractivity contribution in [3.63, 3.8) is 0 Å². The van der Waals surface area contributed by atoms with Crippen molar-refractivity contribution in [1.82, 2.24) is 4.90 Å². The molecule has 0 aromatic carbocycles. The molecule has 2 heterocycles. The van der Waals surface area contributed by atoms with Crippen LogP contribution < -0.4 is 0 Å². The summed E-state index contributed by atoms with van der Waals surface area (Å²) in [5.41, 5.74) is 0.550. The van der Waals surface area contributed by atoms with Gasteiger partial charge in [-0.15, -0.1) is 0 Å². The molecule has 0 aliphatic carbocycles. The van der Waals surface area contributed by atoms with E-state index in [1.54, 1.807) is 0 Å². The lowest BCUT2D eigenvalue weighted by Gasteiger charge is -2.22. The number of nitrogens with zero attached hydrogens (tertiary/aromatic N) is 1. The zero-order valence-corrected chi connectivity index (χ0v) is 10.9. The van der Waals surface area contributed by atoms with Crippen molar-refractivity contribution >= 4 is 0 Å². The molecule has 0 aromatic rings. The summed E-state index contributed by atoms with van der Waals surface area (Å²) >= 11 is 0. The molecule has 2 heteroatoms. The van der Waals surface area contributed by atoms with Crippen LogP contribution in [0.15, 0.2) is 0 Å². The molecule has 2 fully saturated rings. The molecule has 0 bridgehead atoms. The van der Waals surface area contributed by atoms with Gasteiger partial charge in [-0.1, -0.05) is 27.7 Å². The quantitative estimate of drug-likeness (QED) is 0.699. The smallest absolute Gasteiger partial charge is 0.0536 e. The van der Waals surface area contributed by atoms with Crippen molar-refractivity contribution < 1.29 is 4.74 Å². The zero-order chi connectivity index (χ0) is 11.3. The van der Waals surface area contributed by atoms with Crippen molar-refractivity contribution in [3.05, 3.63) is 0 Å². The first-order chi connectivity index (χ1) is 7.20. The van der Waals surface area contributed by atoms with E-state index in [4.69, 9.17) is 4.74 Å². The van der Waals surface area contributed by atoms with Gasteiger partial charge in [0, 0.05) is 25.1 Å². The molecule has 0 N–H and O–H groups in total. The third-order valence-corrected chi connectivity index (χ3v) is 3.33. The summed E-state index contributed by atoms with van der Waals surface area (Å²) in [5.74, 6) is 0.803. The lowest BCUT2D eigenvalue weighted by molar-refractivity contribution is 0.150. The molecule has 1 spiro atoms. The van der Waals surface area contributed by atoms with Crippen molar-refractivity contribution in [2.45, 2.75) is 40.5 Å². The lowest BCUT2D eigenvalue weighted by Crippen LogP contribution is -2.30. The summed E-state index contributed by atoms with van der Waals surface area (Å²) in [6, 6.07) is 0. The van der Waals surface area contributed by atoms with Gasteiger partial charge < -0.3 is 9.64 Å². The van der Waals surface area contributed by atoms with Gasteiger partial charge in [0.15, 0.2) is 0 Å². The number of rotatable bonds is 2. The Morgan fingerprint density at radius 2 is 2.00 bits per heavy atom. The molecule has 2 aliphatic heterocycles. The van der Waals surface area contributed by atoms with Crippen LogP contribution in [-0.4, -0.2) is 37.7 Å². The predicted octanol–water partition coefficient (Wildman–Crippen LogP) is 2.78. The van der Waals surface area contributed by atoms with Gasteiger partial charge in [-0.2, -0.15) is 0 Å². The molecule has 0 saturated carbocycles. The number of hydrogen-bond acceptors (Lipinski definition) is 2. The van der Waals surface area contributed by atoms with Crippen LogP contribution in [0.4, 0.5) is 0 Å². The summed E-state index contributed by atoms with van der Waals surface area (Å²) < 4.78 is 5.51. The maximum atomic E-state index is 5.51. The van der Waals surface area contributed by atoms with E-state index in [1.807, 2.05) is 13.8 Å². The lowest BCUT2D eigenvalue weighted by atomic mass is 9.87. The van der Waals surface area contributed by atoms with Crippen LogP contribution in [0.25, 0.3) is 0 Å². The van der Waals surface area contributed by atoms with E-state index in [1.165, 1.54) is 32.5 Å². The molecular weight excluding hydrogens is 186 g/mol.